The maximum absolute atomic E-state index is 12.5. The number of fused-ring (bicyclic) bond motifs is 1. The number of tetrazole rings is 1. The van der Waals surface area contributed by atoms with Gasteiger partial charge in [0, 0.05) is 31.6 Å². The standard InChI is InChI=1S/C18H22N8O/c1-12-7-15(26-11-20-23-24-26)9-17(13(12)2)21-18(27)4-3-14-8-16-10-19-5-6-25(16)22-14/h7-9,11,19H,3-6,10H2,1-2H3,(H,21,27). The summed E-state index contributed by atoms with van der Waals surface area (Å²) < 4.78 is 3.60. The lowest BCUT2D eigenvalue weighted by Crippen LogP contribution is -2.28. The first-order valence-corrected chi connectivity index (χ1v) is 9.01. The van der Waals surface area contributed by atoms with Crippen molar-refractivity contribution in [1.82, 2.24) is 35.3 Å². The van der Waals surface area contributed by atoms with Crippen molar-refractivity contribution in [3.8, 4) is 5.69 Å². The van der Waals surface area contributed by atoms with Crippen LogP contribution < -0.4 is 10.6 Å². The van der Waals surface area contributed by atoms with Crippen LogP contribution in [0.25, 0.3) is 5.69 Å². The van der Waals surface area contributed by atoms with Crippen LogP contribution in [0.3, 0.4) is 0 Å². The summed E-state index contributed by atoms with van der Waals surface area (Å²) >= 11 is 0. The lowest BCUT2D eigenvalue weighted by atomic mass is 10.1. The molecule has 1 aliphatic heterocycles. The van der Waals surface area contributed by atoms with Gasteiger partial charge in [0.1, 0.15) is 6.33 Å². The predicted molar refractivity (Wildman–Crippen MR) is 99.5 cm³/mol. The Morgan fingerprint density at radius 2 is 2.19 bits per heavy atom. The van der Waals surface area contributed by atoms with Gasteiger partial charge < -0.3 is 10.6 Å². The minimum absolute atomic E-state index is 0.0320. The SMILES string of the molecule is Cc1cc(-n2cnnn2)cc(NC(=O)CCc2cc3n(n2)CCNC3)c1C. The maximum Gasteiger partial charge on any atom is 0.224 e. The Labute approximate surface area is 156 Å². The van der Waals surface area contributed by atoms with Crippen LogP contribution in [0.1, 0.15) is 28.9 Å². The van der Waals surface area contributed by atoms with Crippen LogP contribution >= 0.6 is 0 Å². The Hall–Kier alpha value is -3.07. The largest absolute Gasteiger partial charge is 0.326 e. The van der Waals surface area contributed by atoms with E-state index in [2.05, 4.69) is 37.3 Å². The zero-order valence-corrected chi connectivity index (χ0v) is 15.4. The molecule has 0 spiro atoms. The van der Waals surface area contributed by atoms with E-state index in [9.17, 15) is 4.79 Å². The van der Waals surface area contributed by atoms with E-state index >= 15 is 0 Å². The molecule has 0 saturated carbocycles. The highest BCUT2D eigenvalue weighted by atomic mass is 16.1. The molecule has 4 rings (SSSR count). The Morgan fingerprint density at radius 1 is 1.30 bits per heavy atom. The number of nitrogens with zero attached hydrogens (tertiary/aromatic N) is 6. The van der Waals surface area contributed by atoms with Crippen molar-refractivity contribution >= 4 is 11.6 Å². The second-order valence-electron chi connectivity index (χ2n) is 6.76. The number of anilines is 1. The van der Waals surface area contributed by atoms with Gasteiger partial charge >= 0.3 is 0 Å². The molecule has 3 heterocycles. The molecule has 0 atom stereocenters. The zero-order chi connectivity index (χ0) is 18.8. The summed E-state index contributed by atoms with van der Waals surface area (Å²) in [5.41, 5.74) is 5.82. The molecular weight excluding hydrogens is 344 g/mol. The summed E-state index contributed by atoms with van der Waals surface area (Å²) in [5, 5.41) is 22.2. The van der Waals surface area contributed by atoms with Gasteiger partial charge in [0.2, 0.25) is 5.91 Å². The van der Waals surface area contributed by atoms with Crippen LogP contribution in [0.4, 0.5) is 5.69 Å². The molecule has 2 aromatic heterocycles. The molecule has 2 N–H and O–H groups in total. The van der Waals surface area contributed by atoms with Gasteiger partial charge in [0.05, 0.1) is 23.6 Å². The normalized spacial score (nSPS) is 13.4. The second kappa shape index (κ2) is 7.28. The monoisotopic (exact) mass is 366 g/mol. The summed E-state index contributed by atoms with van der Waals surface area (Å²) in [5.74, 6) is -0.0320. The Morgan fingerprint density at radius 3 is 2.96 bits per heavy atom. The van der Waals surface area contributed by atoms with Crippen LogP contribution in [0.2, 0.25) is 0 Å². The van der Waals surface area contributed by atoms with Crippen LogP contribution in [-0.4, -0.2) is 42.4 Å². The molecule has 27 heavy (non-hydrogen) atoms. The fourth-order valence-corrected chi connectivity index (χ4v) is 3.21. The second-order valence-corrected chi connectivity index (χ2v) is 6.76. The first-order valence-electron chi connectivity index (χ1n) is 9.01. The molecule has 140 valence electrons. The summed E-state index contributed by atoms with van der Waals surface area (Å²) in [7, 11) is 0. The average molecular weight is 366 g/mol. The number of nitrogens with one attached hydrogen (secondary N) is 2. The van der Waals surface area contributed by atoms with Gasteiger partial charge in [-0.05, 0) is 53.6 Å². The van der Waals surface area contributed by atoms with Gasteiger partial charge in [-0.2, -0.15) is 5.10 Å². The number of hydrogen-bond acceptors (Lipinski definition) is 6. The minimum atomic E-state index is -0.0320. The van der Waals surface area contributed by atoms with E-state index in [0.717, 1.165) is 47.8 Å². The van der Waals surface area contributed by atoms with Crippen molar-refractivity contribution < 1.29 is 4.79 Å². The fourth-order valence-electron chi connectivity index (χ4n) is 3.21. The van der Waals surface area contributed by atoms with Gasteiger partial charge in [-0.25, -0.2) is 4.68 Å². The summed E-state index contributed by atoms with van der Waals surface area (Å²) in [6.07, 6.45) is 2.54. The van der Waals surface area contributed by atoms with Gasteiger partial charge in [-0.3, -0.25) is 9.48 Å². The number of benzene rings is 1. The Balaban J connectivity index is 1.44. The maximum atomic E-state index is 12.5. The smallest absolute Gasteiger partial charge is 0.224 e. The molecule has 1 aromatic carbocycles. The molecule has 0 fully saturated rings. The summed E-state index contributed by atoms with van der Waals surface area (Å²) in [6, 6.07) is 5.95. The van der Waals surface area contributed by atoms with Crippen LogP contribution in [0.15, 0.2) is 24.5 Å². The molecule has 3 aromatic rings. The van der Waals surface area contributed by atoms with Gasteiger partial charge in [0.15, 0.2) is 0 Å². The zero-order valence-electron chi connectivity index (χ0n) is 15.4. The number of aryl methyl sites for hydroxylation is 2. The number of rotatable bonds is 5. The molecule has 0 radical (unpaired) electrons. The van der Waals surface area contributed by atoms with E-state index in [0.29, 0.717) is 12.8 Å². The van der Waals surface area contributed by atoms with Crippen molar-refractivity contribution in [2.24, 2.45) is 0 Å². The van der Waals surface area contributed by atoms with Crippen molar-refractivity contribution in [2.75, 3.05) is 11.9 Å². The third-order valence-corrected chi connectivity index (χ3v) is 4.87. The van der Waals surface area contributed by atoms with Crippen molar-refractivity contribution in [2.45, 2.75) is 39.8 Å². The molecule has 9 nitrogen and oxygen atoms in total. The van der Waals surface area contributed by atoms with E-state index in [1.807, 2.05) is 30.7 Å². The Kier molecular flexibility index (Phi) is 4.68. The van der Waals surface area contributed by atoms with E-state index < -0.39 is 0 Å². The van der Waals surface area contributed by atoms with Gasteiger partial charge in [-0.1, -0.05) is 0 Å². The number of aromatic nitrogens is 6. The van der Waals surface area contributed by atoms with E-state index in [-0.39, 0.29) is 5.91 Å². The number of hydrogen-bond donors (Lipinski definition) is 2. The highest BCUT2D eigenvalue weighted by molar-refractivity contribution is 5.92. The van der Waals surface area contributed by atoms with Crippen LogP contribution in [-0.2, 0) is 24.3 Å². The third kappa shape index (κ3) is 3.72. The van der Waals surface area contributed by atoms with Gasteiger partial charge in [0.25, 0.3) is 0 Å². The first kappa shape index (κ1) is 17.3. The topological polar surface area (TPSA) is 103 Å². The molecule has 0 unspecified atom stereocenters. The highest BCUT2D eigenvalue weighted by Crippen LogP contribution is 2.23. The minimum Gasteiger partial charge on any atom is -0.326 e. The highest BCUT2D eigenvalue weighted by Gasteiger charge is 2.14. The summed E-state index contributed by atoms with van der Waals surface area (Å²) in [6.45, 7) is 6.64. The quantitative estimate of drug-likeness (QED) is 0.702. The molecule has 0 bridgehead atoms. The molecule has 1 amide bonds. The lowest BCUT2D eigenvalue weighted by Gasteiger charge is -2.13. The molecule has 0 aliphatic carbocycles. The molecule has 0 saturated heterocycles. The summed E-state index contributed by atoms with van der Waals surface area (Å²) in [4.78, 5) is 12.5. The van der Waals surface area contributed by atoms with Crippen molar-refractivity contribution in [3.63, 3.8) is 0 Å². The average Bonchev–Trinajstić information content (AvgIpc) is 3.32. The molecule has 1 aliphatic rings. The number of carbonyl (C=O) groups is 1. The van der Waals surface area contributed by atoms with E-state index in [4.69, 9.17) is 0 Å². The lowest BCUT2D eigenvalue weighted by molar-refractivity contribution is -0.116. The van der Waals surface area contributed by atoms with E-state index in [1.165, 1.54) is 12.0 Å². The number of carbonyl (C=O) groups excluding carboxylic acids is 1. The third-order valence-electron chi connectivity index (χ3n) is 4.87. The van der Waals surface area contributed by atoms with Crippen LogP contribution in [0.5, 0.6) is 0 Å². The molecular formula is C18H22N8O. The first-order chi connectivity index (χ1) is 13.1. The van der Waals surface area contributed by atoms with Gasteiger partial charge in [-0.15, -0.1) is 5.10 Å². The predicted octanol–water partition coefficient (Wildman–Crippen LogP) is 1.15. The van der Waals surface area contributed by atoms with Crippen molar-refractivity contribution in [1.29, 1.82) is 0 Å². The molecule has 9 heteroatoms. The Bertz CT molecular complexity index is 937. The number of amides is 1. The van der Waals surface area contributed by atoms with Crippen molar-refractivity contribution in [3.05, 3.63) is 47.0 Å². The van der Waals surface area contributed by atoms with Crippen LogP contribution in [0, 0.1) is 13.8 Å². The van der Waals surface area contributed by atoms with E-state index in [1.54, 1.807) is 4.68 Å². The fraction of sp³-hybridized carbons (Fsp3) is 0.389.